The highest BCUT2D eigenvalue weighted by atomic mass is 19.4. The fourth-order valence-electron chi connectivity index (χ4n) is 2.72. The number of nitrogens with zero attached hydrogens (tertiary/aromatic N) is 3. The van der Waals surface area contributed by atoms with Gasteiger partial charge in [0.1, 0.15) is 5.82 Å². The lowest BCUT2D eigenvalue weighted by Gasteiger charge is -2.42. The van der Waals surface area contributed by atoms with Crippen molar-refractivity contribution in [3.63, 3.8) is 0 Å². The number of ether oxygens (including phenoxy) is 1. The number of aromatic nitrogens is 1. The molecule has 3 heterocycles. The first-order valence-electron chi connectivity index (χ1n) is 7.10. The SMILES string of the molecule is O=C(C1CN(c2ncccc2C(F)(F)F)C1)N1CCOCC1. The molecule has 0 radical (unpaired) electrons. The molecule has 1 amide bonds. The van der Waals surface area contributed by atoms with Crippen LogP contribution in [0.25, 0.3) is 0 Å². The van der Waals surface area contributed by atoms with Gasteiger partial charge in [-0.05, 0) is 12.1 Å². The van der Waals surface area contributed by atoms with Crippen molar-refractivity contribution in [2.75, 3.05) is 44.3 Å². The predicted molar refractivity (Wildman–Crippen MR) is 72.3 cm³/mol. The Kier molecular flexibility index (Phi) is 3.94. The summed E-state index contributed by atoms with van der Waals surface area (Å²) >= 11 is 0. The van der Waals surface area contributed by atoms with Crippen molar-refractivity contribution >= 4 is 11.7 Å². The Labute approximate surface area is 125 Å². The molecule has 0 saturated carbocycles. The minimum absolute atomic E-state index is 0.0101. The molecule has 2 aliphatic rings. The Morgan fingerprint density at radius 1 is 1.27 bits per heavy atom. The van der Waals surface area contributed by atoms with Crippen molar-refractivity contribution < 1.29 is 22.7 Å². The van der Waals surface area contributed by atoms with E-state index in [0.717, 1.165) is 6.07 Å². The summed E-state index contributed by atoms with van der Waals surface area (Å²) in [6, 6.07) is 2.28. The number of morpholine rings is 1. The van der Waals surface area contributed by atoms with Gasteiger partial charge in [-0.1, -0.05) is 0 Å². The van der Waals surface area contributed by atoms with E-state index in [1.807, 2.05) is 0 Å². The Bertz CT molecular complexity index is 553. The molecule has 120 valence electrons. The summed E-state index contributed by atoms with van der Waals surface area (Å²) in [5.74, 6) is -0.369. The van der Waals surface area contributed by atoms with E-state index in [0.29, 0.717) is 26.3 Å². The Morgan fingerprint density at radius 2 is 1.95 bits per heavy atom. The number of halogens is 3. The fraction of sp³-hybridized carbons (Fsp3) is 0.571. The van der Waals surface area contributed by atoms with Crippen LogP contribution in [0, 0.1) is 5.92 Å². The monoisotopic (exact) mass is 315 g/mol. The summed E-state index contributed by atoms with van der Waals surface area (Å²) in [5, 5.41) is 0. The lowest BCUT2D eigenvalue weighted by atomic mass is 9.97. The van der Waals surface area contributed by atoms with Gasteiger partial charge in [-0.25, -0.2) is 4.98 Å². The number of anilines is 1. The Hall–Kier alpha value is -1.83. The summed E-state index contributed by atoms with van der Waals surface area (Å²) < 4.78 is 44.1. The van der Waals surface area contributed by atoms with E-state index in [1.54, 1.807) is 4.90 Å². The minimum Gasteiger partial charge on any atom is -0.378 e. The van der Waals surface area contributed by atoms with Crippen LogP contribution in [0.4, 0.5) is 19.0 Å². The third-order valence-electron chi connectivity index (χ3n) is 3.95. The van der Waals surface area contributed by atoms with Gasteiger partial charge in [0.15, 0.2) is 0 Å². The second-order valence-corrected chi connectivity index (χ2v) is 5.41. The van der Waals surface area contributed by atoms with Gasteiger partial charge in [-0.2, -0.15) is 13.2 Å². The van der Waals surface area contributed by atoms with Crippen molar-refractivity contribution in [1.82, 2.24) is 9.88 Å². The van der Waals surface area contributed by atoms with Gasteiger partial charge in [0.25, 0.3) is 0 Å². The van der Waals surface area contributed by atoms with Gasteiger partial charge in [0.2, 0.25) is 5.91 Å². The van der Waals surface area contributed by atoms with Crippen LogP contribution in [-0.4, -0.2) is 55.2 Å². The molecule has 22 heavy (non-hydrogen) atoms. The van der Waals surface area contributed by atoms with Crippen LogP contribution in [-0.2, 0) is 15.7 Å². The number of rotatable bonds is 2. The molecule has 0 unspecified atom stereocenters. The van der Waals surface area contributed by atoms with Gasteiger partial charge in [0, 0.05) is 32.4 Å². The number of pyridine rings is 1. The molecule has 0 atom stereocenters. The van der Waals surface area contributed by atoms with E-state index in [4.69, 9.17) is 4.74 Å². The van der Waals surface area contributed by atoms with Crippen LogP contribution in [0.2, 0.25) is 0 Å². The average Bonchev–Trinajstić information content (AvgIpc) is 2.46. The molecule has 0 aliphatic carbocycles. The molecule has 2 saturated heterocycles. The standard InChI is InChI=1S/C14H16F3N3O2/c15-14(16,17)11-2-1-3-18-12(11)20-8-10(9-20)13(21)19-4-6-22-7-5-19/h1-3,10H,4-9H2. The fourth-order valence-corrected chi connectivity index (χ4v) is 2.72. The molecule has 0 aromatic carbocycles. The van der Waals surface area contributed by atoms with E-state index < -0.39 is 11.7 Å². The topological polar surface area (TPSA) is 45.7 Å². The van der Waals surface area contributed by atoms with Gasteiger partial charge in [0.05, 0.1) is 24.7 Å². The maximum Gasteiger partial charge on any atom is 0.419 e. The molecule has 0 bridgehead atoms. The van der Waals surface area contributed by atoms with Crippen LogP contribution in [0.5, 0.6) is 0 Å². The highest BCUT2D eigenvalue weighted by Gasteiger charge is 2.41. The van der Waals surface area contributed by atoms with Crippen molar-refractivity contribution in [2.45, 2.75) is 6.18 Å². The molecule has 3 rings (SSSR count). The van der Waals surface area contributed by atoms with Crippen molar-refractivity contribution in [1.29, 1.82) is 0 Å². The van der Waals surface area contributed by atoms with E-state index >= 15 is 0 Å². The summed E-state index contributed by atoms with van der Waals surface area (Å²) in [6.45, 7) is 2.67. The van der Waals surface area contributed by atoms with Crippen molar-refractivity contribution in [3.8, 4) is 0 Å². The van der Waals surface area contributed by atoms with E-state index in [9.17, 15) is 18.0 Å². The van der Waals surface area contributed by atoms with Gasteiger partial charge < -0.3 is 14.5 Å². The van der Waals surface area contributed by atoms with Crippen molar-refractivity contribution in [3.05, 3.63) is 23.9 Å². The van der Waals surface area contributed by atoms with Crippen molar-refractivity contribution in [2.24, 2.45) is 5.92 Å². The second-order valence-electron chi connectivity index (χ2n) is 5.41. The quantitative estimate of drug-likeness (QED) is 0.827. The Morgan fingerprint density at radius 3 is 2.59 bits per heavy atom. The number of amides is 1. The van der Waals surface area contributed by atoms with Crippen LogP contribution < -0.4 is 4.90 Å². The summed E-state index contributed by atoms with van der Waals surface area (Å²) in [5.41, 5.74) is -0.757. The third-order valence-corrected chi connectivity index (χ3v) is 3.95. The lowest BCUT2D eigenvalue weighted by molar-refractivity contribution is -0.140. The van der Waals surface area contributed by atoms with Crippen LogP contribution in [0.3, 0.4) is 0 Å². The van der Waals surface area contributed by atoms with E-state index in [-0.39, 0.29) is 30.7 Å². The first-order valence-corrected chi connectivity index (χ1v) is 7.10. The lowest BCUT2D eigenvalue weighted by Crippen LogP contribution is -2.56. The third kappa shape index (κ3) is 2.87. The first-order chi connectivity index (χ1) is 10.5. The van der Waals surface area contributed by atoms with Crippen LogP contribution in [0.15, 0.2) is 18.3 Å². The van der Waals surface area contributed by atoms with Crippen LogP contribution in [0.1, 0.15) is 5.56 Å². The molecule has 1 aromatic rings. The molecule has 8 heteroatoms. The number of carbonyl (C=O) groups is 1. The smallest absolute Gasteiger partial charge is 0.378 e. The normalized spacial score (nSPS) is 20.0. The van der Waals surface area contributed by atoms with E-state index in [2.05, 4.69) is 4.98 Å². The average molecular weight is 315 g/mol. The number of hydrogen-bond acceptors (Lipinski definition) is 4. The summed E-state index contributed by atoms with van der Waals surface area (Å²) in [4.78, 5) is 19.3. The Balaban J connectivity index is 1.65. The van der Waals surface area contributed by atoms with Gasteiger partial charge in [-0.15, -0.1) is 0 Å². The maximum absolute atomic E-state index is 13.0. The molecular formula is C14H16F3N3O2. The minimum atomic E-state index is -4.44. The molecule has 0 spiro atoms. The largest absolute Gasteiger partial charge is 0.419 e. The number of alkyl halides is 3. The second kappa shape index (κ2) is 5.75. The molecule has 2 aliphatic heterocycles. The molecule has 2 fully saturated rings. The highest BCUT2D eigenvalue weighted by Crippen LogP contribution is 2.37. The predicted octanol–water partition coefficient (Wildman–Crippen LogP) is 1.40. The molecular weight excluding hydrogens is 299 g/mol. The van der Waals surface area contributed by atoms with E-state index in [1.165, 1.54) is 17.2 Å². The number of carbonyl (C=O) groups excluding carboxylic acids is 1. The van der Waals surface area contributed by atoms with Crippen LogP contribution >= 0.6 is 0 Å². The molecule has 1 aromatic heterocycles. The maximum atomic E-state index is 13.0. The molecule has 5 nitrogen and oxygen atoms in total. The highest BCUT2D eigenvalue weighted by molar-refractivity contribution is 5.82. The molecule has 0 N–H and O–H groups in total. The summed E-state index contributed by atoms with van der Waals surface area (Å²) in [7, 11) is 0. The zero-order chi connectivity index (χ0) is 15.7. The van der Waals surface area contributed by atoms with Gasteiger partial charge in [-0.3, -0.25) is 4.79 Å². The van der Waals surface area contributed by atoms with Gasteiger partial charge >= 0.3 is 6.18 Å². The summed E-state index contributed by atoms with van der Waals surface area (Å²) in [6.07, 6.45) is -3.11. The zero-order valence-electron chi connectivity index (χ0n) is 11.8. The zero-order valence-corrected chi connectivity index (χ0v) is 11.8. The number of hydrogen-bond donors (Lipinski definition) is 0. The first kappa shape index (κ1) is 15.1.